The first-order valence-electron chi connectivity index (χ1n) is 3.14. The lowest BCUT2D eigenvalue weighted by molar-refractivity contribution is 0.202. The van der Waals surface area contributed by atoms with E-state index in [2.05, 4.69) is 10.6 Å². The fourth-order valence-corrected chi connectivity index (χ4v) is 0.481. The summed E-state index contributed by atoms with van der Waals surface area (Å²) in [6.07, 6.45) is 0. The van der Waals surface area contributed by atoms with Crippen LogP contribution >= 0.6 is 0 Å². The van der Waals surface area contributed by atoms with Crippen LogP contribution in [0.3, 0.4) is 0 Å². The number of amides is 2. The maximum atomic E-state index is 10.7. The molecular weight excluding hydrogens is 134 g/mol. The Bertz CT molecular complexity index is 126. The van der Waals surface area contributed by atoms with Crippen molar-refractivity contribution in [2.45, 2.75) is 13.8 Å². The lowest BCUT2D eigenvalue weighted by Crippen LogP contribution is -2.35. The predicted octanol–water partition coefficient (Wildman–Crippen LogP) is 0.719. The van der Waals surface area contributed by atoms with Crippen LogP contribution < -0.4 is 5.32 Å². The van der Waals surface area contributed by atoms with Gasteiger partial charge in [-0.3, -0.25) is 0 Å². The van der Waals surface area contributed by atoms with E-state index in [-0.39, 0.29) is 0 Å². The number of nitrogens with one attached hydrogen (secondary N) is 1. The SMILES string of the molecule is CCNC(=O)N(CC)N=O. The first kappa shape index (κ1) is 8.87. The quantitative estimate of drug-likeness (QED) is 0.469. The molecule has 1 N–H and O–H groups in total. The molecule has 0 heterocycles. The molecule has 5 heteroatoms. The van der Waals surface area contributed by atoms with Gasteiger partial charge in [0, 0.05) is 13.1 Å². The lowest BCUT2D eigenvalue weighted by Gasteiger charge is -2.09. The zero-order valence-electron chi connectivity index (χ0n) is 6.13. The zero-order valence-corrected chi connectivity index (χ0v) is 6.13. The standard InChI is InChI=1S/C5H11N3O2/c1-3-6-5(9)8(4-2)7-10/h3-4H2,1-2H3,(H,6,9). The molecule has 0 aromatic carbocycles. The molecule has 0 aromatic heterocycles. The normalized spacial score (nSPS) is 8.60. The lowest BCUT2D eigenvalue weighted by atomic mass is 10.7. The van der Waals surface area contributed by atoms with Crippen molar-refractivity contribution in [3.05, 3.63) is 4.91 Å². The summed E-state index contributed by atoms with van der Waals surface area (Å²) >= 11 is 0. The molecule has 0 aliphatic rings. The number of carbonyl (C=O) groups is 1. The van der Waals surface area contributed by atoms with E-state index < -0.39 is 6.03 Å². The third kappa shape index (κ3) is 2.43. The monoisotopic (exact) mass is 145 g/mol. The zero-order chi connectivity index (χ0) is 7.98. The number of rotatable bonds is 3. The smallest absolute Gasteiger partial charge is 0.337 e. The summed E-state index contributed by atoms with van der Waals surface area (Å²) in [5, 5.41) is 5.76. The number of hydrogen-bond acceptors (Lipinski definition) is 3. The van der Waals surface area contributed by atoms with Crippen LogP contribution in [0.2, 0.25) is 0 Å². The van der Waals surface area contributed by atoms with E-state index in [0.29, 0.717) is 13.1 Å². The Morgan fingerprint density at radius 3 is 2.50 bits per heavy atom. The first-order chi connectivity index (χ1) is 4.76. The van der Waals surface area contributed by atoms with Crippen LogP contribution in [0.4, 0.5) is 4.79 Å². The Kier molecular flexibility index (Phi) is 4.19. The van der Waals surface area contributed by atoms with Crippen LogP contribution in [0.1, 0.15) is 13.8 Å². The number of hydrogen-bond donors (Lipinski definition) is 1. The molecule has 0 aliphatic carbocycles. The van der Waals surface area contributed by atoms with Crippen molar-refractivity contribution in [2.75, 3.05) is 13.1 Å². The number of nitrogens with zero attached hydrogens (tertiary/aromatic N) is 2. The van der Waals surface area contributed by atoms with Gasteiger partial charge in [0.05, 0.1) is 5.29 Å². The summed E-state index contributed by atoms with van der Waals surface area (Å²) in [5.74, 6) is 0. The molecule has 0 aliphatic heterocycles. The Morgan fingerprint density at radius 1 is 1.60 bits per heavy atom. The highest BCUT2D eigenvalue weighted by atomic mass is 16.3. The van der Waals surface area contributed by atoms with Crippen molar-refractivity contribution in [3.63, 3.8) is 0 Å². The van der Waals surface area contributed by atoms with Crippen molar-refractivity contribution in [2.24, 2.45) is 5.29 Å². The summed E-state index contributed by atoms with van der Waals surface area (Å²) < 4.78 is 0. The molecule has 0 aromatic rings. The largest absolute Gasteiger partial charge is 0.340 e. The molecule has 0 spiro atoms. The van der Waals surface area contributed by atoms with E-state index in [4.69, 9.17) is 0 Å². The molecule has 0 rings (SSSR count). The van der Waals surface area contributed by atoms with Gasteiger partial charge in [0.2, 0.25) is 0 Å². The third-order valence-electron chi connectivity index (χ3n) is 0.961. The van der Waals surface area contributed by atoms with Crippen molar-refractivity contribution < 1.29 is 4.79 Å². The summed E-state index contributed by atoms with van der Waals surface area (Å²) in [6, 6.07) is -0.444. The molecule has 10 heavy (non-hydrogen) atoms. The second-order valence-electron chi connectivity index (χ2n) is 1.63. The summed E-state index contributed by atoms with van der Waals surface area (Å²) in [7, 11) is 0. The minimum absolute atomic E-state index is 0.301. The third-order valence-corrected chi connectivity index (χ3v) is 0.961. The van der Waals surface area contributed by atoms with Gasteiger partial charge in [0.25, 0.3) is 0 Å². The maximum absolute atomic E-state index is 10.7. The van der Waals surface area contributed by atoms with Crippen LogP contribution in [-0.4, -0.2) is 24.1 Å². The highest BCUT2D eigenvalue weighted by molar-refractivity contribution is 5.73. The first-order valence-corrected chi connectivity index (χ1v) is 3.14. The van der Waals surface area contributed by atoms with Gasteiger partial charge in [-0.05, 0) is 13.8 Å². The molecule has 58 valence electrons. The van der Waals surface area contributed by atoms with Gasteiger partial charge in [0.1, 0.15) is 0 Å². The van der Waals surface area contributed by atoms with E-state index >= 15 is 0 Å². The number of urea groups is 1. The molecule has 5 nitrogen and oxygen atoms in total. The Morgan fingerprint density at radius 2 is 2.20 bits per heavy atom. The van der Waals surface area contributed by atoms with Gasteiger partial charge >= 0.3 is 6.03 Å². The van der Waals surface area contributed by atoms with Crippen LogP contribution in [0, 0.1) is 4.91 Å². The van der Waals surface area contributed by atoms with Gasteiger partial charge in [-0.2, -0.15) is 5.01 Å². The van der Waals surface area contributed by atoms with E-state index in [1.165, 1.54) is 0 Å². The van der Waals surface area contributed by atoms with Crippen LogP contribution in [0.5, 0.6) is 0 Å². The van der Waals surface area contributed by atoms with E-state index in [1.807, 2.05) is 0 Å². The molecule has 2 amide bonds. The Balaban J connectivity index is 3.76. The Hall–Kier alpha value is -1.13. The maximum Gasteiger partial charge on any atom is 0.340 e. The van der Waals surface area contributed by atoms with Crippen molar-refractivity contribution >= 4 is 6.03 Å². The minimum atomic E-state index is -0.444. The highest BCUT2D eigenvalue weighted by Gasteiger charge is 2.08. The van der Waals surface area contributed by atoms with E-state index in [1.54, 1.807) is 13.8 Å². The van der Waals surface area contributed by atoms with Gasteiger partial charge in [-0.25, -0.2) is 4.79 Å². The molecule has 0 unspecified atom stereocenters. The second kappa shape index (κ2) is 4.72. The van der Waals surface area contributed by atoms with Gasteiger partial charge in [0.15, 0.2) is 0 Å². The average molecular weight is 145 g/mol. The van der Waals surface area contributed by atoms with Gasteiger partial charge in [-0.1, -0.05) is 0 Å². The Labute approximate surface area is 59.3 Å². The fraction of sp³-hybridized carbons (Fsp3) is 0.800. The molecule has 0 fully saturated rings. The summed E-state index contributed by atoms with van der Waals surface area (Å²) in [6.45, 7) is 4.26. The summed E-state index contributed by atoms with van der Waals surface area (Å²) in [4.78, 5) is 20.6. The van der Waals surface area contributed by atoms with E-state index in [0.717, 1.165) is 5.01 Å². The molecule has 0 saturated carbocycles. The molecule has 0 radical (unpaired) electrons. The van der Waals surface area contributed by atoms with Crippen molar-refractivity contribution in [3.8, 4) is 0 Å². The van der Waals surface area contributed by atoms with Crippen LogP contribution in [0.15, 0.2) is 5.29 Å². The molecule has 0 saturated heterocycles. The van der Waals surface area contributed by atoms with Crippen LogP contribution in [-0.2, 0) is 0 Å². The molecule has 0 atom stereocenters. The topological polar surface area (TPSA) is 61.8 Å². The minimum Gasteiger partial charge on any atom is -0.337 e. The average Bonchev–Trinajstić information content (AvgIpc) is 1.91. The van der Waals surface area contributed by atoms with Crippen LogP contribution in [0.25, 0.3) is 0 Å². The van der Waals surface area contributed by atoms with Gasteiger partial charge in [-0.15, -0.1) is 4.91 Å². The summed E-state index contributed by atoms with van der Waals surface area (Å²) in [5.41, 5.74) is 0. The van der Waals surface area contributed by atoms with E-state index in [9.17, 15) is 9.70 Å². The fourth-order valence-electron chi connectivity index (χ4n) is 0.481. The number of carbonyl (C=O) groups excluding carboxylic acids is 1. The van der Waals surface area contributed by atoms with Crippen molar-refractivity contribution in [1.29, 1.82) is 0 Å². The second-order valence-corrected chi connectivity index (χ2v) is 1.63. The van der Waals surface area contributed by atoms with Gasteiger partial charge < -0.3 is 5.32 Å². The predicted molar refractivity (Wildman–Crippen MR) is 37.2 cm³/mol. The highest BCUT2D eigenvalue weighted by Crippen LogP contribution is 1.87. The van der Waals surface area contributed by atoms with Crippen molar-refractivity contribution in [1.82, 2.24) is 10.3 Å². The molecular formula is C5H11N3O2. The molecule has 0 bridgehead atoms. The number of nitroso groups, excluding NO2 is 1.